The van der Waals surface area contributed by atoms with Gasteiger partial charge in [0.1, 0.15) is 0 Å². The third kappa shape index (κ3) is 3.96. The molecule has 0 bridgehead atoms. The number of nitrogens with two attached hydrogens (primary N) is 1. The molecule has 2 unspecified atom stereocenters. The molecule has 3 nitrogen and oxygen atoms in total. The van der Waals surface area contributed by atoms with Gasteiger partial charge in [0.2, 0.25) is 0 Å². The van der Waals surface area contributed by atoms with E-state index in [9.17, 15) is 8.42 Å². The summed E-state index contributed by atoms with van der Waals surface area (Å²) in [6.45, 7) is 5.81. The van der Waals surface area contributed by atoms with Gasteiger partial charge in [0.05, 0.1) is 11.0 Å². The van der Waals surface area contributed by atoms with E-state index < -0.39 is 9.84 Å². The molecule has 0 aromatic carbocycles. The Bertz CT molecular complexity index is 237. The van der Waals surface area contributed by atoms with Crippen LogP contribution in [-0.2, 0) is 9.84 Å². The second-order valence-corrected chi connectivity index (χ2v) is 6.11. The van der Waals surface area contributed by atoms with Crippen molar-refractivity contribution in [2.75, 3.05) is 5.75 Å². The first-order chi connectivity index (χ1) is 6.49. The average molecular weight is 221 g/mol. The molecular formula is C10H23NO2S. The Morgan fingerprint density at radius 1 is 1.14 bits per heavy atom. The molecule has 0 saturated carbocycles. The van der Waals surface area contributed by atoms with Crippen LogP contribution in [0.1, 0.15) is 46.5 Å². The van der Waals surface area contributed by atoms with Gasteiger partial charge in [-0.05, 0) is 19.3 Å². The molecule has 0 aromatic heterocycles. The Balaban J connectivity index is 4.54. The van der Waals surface area contributed by atoms with Gasteiger partial charge in [0.25, 0.3) is 0 Å². The van der Waals surface area contributed by atoms with Crippen molar-refractivity contribution in [1.82, 2.24) is 0 Å². The van der Waals surface area contributed by atoms with E-state index in [2.05, 4.69) is 0 Å². The normalized spacial score (nSPS) is 16.6. The molecule has 0 fully saturated rings. The lowest BCUT2D eigenvalue weighted by Gasteiger charge is -2.22. The third-order valence-corrected chi connectivity index (χ3v) is 5.03. The molecule has 0 radical (unpaired) electrons. The van der Waals surface area contributed by atoms with E-state index >= 15 is 0 Å². The highest BCUT2D eigenvalue weighted by Gasteiger charge is 2.28. The Labute approximate surface area is 88.0 Å². The van der Waals surface area contributed by atoms with E-state index in [1.54, 1.807) is 0 Å². The second kappa shape index (κ2) is 6.40. The number of hydrogen-bond donors (Lipinski definition) is 1. The van der Waals surface area contributed by atoms with Crippen molar-refractivity contribution in [3.05, 3.63) is 0 Å². The van der Waals surface area contributed by atoms with E-state index in [1.165, 1.54) is 0 Å². The van der Waals surface area contributed by atoms with Crippen molar-refractivity contribution in [1.29, 1.82) is 0 Å². The zero-order valence-corrected chi connectivity index (χ0v) is 10.3. The number of rotatable bonds is 7. The van der Waals surface area contributed by atoms with E-state index in [4.69, 9.17) is 5.73 Å². The van der Waals surface area contributed by atoms with Crippen molar-refractivity contribution in [3.63, 3.8) is 0 Å². The summed E-state index contributed by atoms with van der Waals surface area (Å²) >= 11 is 0. The molecule has 0 spiro atoms. The minimum absolute atomic E-state index is 0.193. The van der Waals surface area contributed by atoms with Crippen molar-refractivity contribution in [3.8, 4) is 0 Å². The molecule has 14 heavy (non-hydrogen) atoms. The summed E-state index contributed by atoms with van der Waals surface area (Å²) in [6.07, 6.45) is 3.04. The molecule has 2 atom stereocenters. The number of sulfone groups is 1. The van der Waals surface area contributed by atoms with Crippen molar-refractivity contribution in [2.45, 2.75) is 57.7 Å². The predicted molar refractivity (Wildman–Crippen MR) is 61.0 cm³/mol. The van der Waals surface area contributed by atoms with E-state index in [0.29, 0.717) is 12.8 Å². The summed E-state index contributed by atoms with van der Waals surface area (Å²) in [6, 6.07) is -0.193. The topological polar surface area (TPSA) is 60.2 Å². The molecule has 0 aliphatic carbocycles. The van der Waals surface area contributed by atoms with Crippen LogP contribution in [0.4, 0.5) is 0 Å². The lowest BCUT2D eigenvalue weighted by Crippen LogP contribution is -2.41. The highest BCUT2D eigenvalue weighted by molar-refractivity contribution is 7.92. The predicted octanol–water partition coefficient (Wildman–Crippen LogP) is 1.72. The van der Waals surface area contributed by atoms with Crippen molar-refractivity contribution < 1.29 is 8.42 Å². The second-order valence-electron chi connectivity index (χ2n) is 3.77. The fourth-order valence-corrected chi connectivity index (χ4v) is 3.83. The lowest BCUT2D eigenvalue weighted by atomic mass is 10.1. The van der Waals surface area contributed by atoms with Crippen LogP contribution in [0.15, 0.2) is 0 Å². The smallest absolute Gasteiger partial charge is 0.154 e. The first-order valence-electron chi connectivity index (χ1n) is 5.46. The summed E-state index contributed by atoms with van der Waals surface area (Å²) < 4.78 is 23.6. The zero-order chi connectivity index (χ0) is 11.2. The van der Waals surface area contributed by atoms with Gasteiger partial charge in [-0.25, -0.2) is 8.42 Å². The zero-order valence-electron chi connectivity index (χ0n) is 9.49. The fraction of sp³-hybridized carbons (Fsp3) is 1.00. The maximum atomic E-state index is 11.8. The lowest BCUT2D eigenvalue weighted by molar-refractivity contribution is 0.516. The Kier molecular flexibility index (Phi) is 6.36. The van der Waals surface area contributed by atoms with Crippen LogP contribution in [-0.4, -0.2) is 25.5 Å². The first-order valence-corrected chi connectivity index (χ1v) is 7.18. The minimum atomic E-state index is -2.97. The van der Waals surface area contributed by atoms with E-state index in [1.807, 2.05) is 20.8 Å². The fourth-order valence-electron chi connectivity index (χ4n) is 1.78. The summed E-state index contributed by atoms with van der Waals surface area (Å²) in [4.78, 5) is 0. The molecule has 0 heterocycles. The van der Waals surface area contributed by atoms with Crippen molar-refractivity contribution >= 4 is 9.84 Å². The van der Waals surface area contributed by atoms with E-state index in [0.717, 1.165) is 12.8 Å². The van der Waals surface area contributed by atoms with Crippen LogP contribution in [0.25, 0.3) is 0 Å². The molecule has 0 aliphatic heterocycles. The summed E-state index contributed by atoms with van der Waals surface area (Å²) in [5, 5.41) is -0.345. The molecule has 4 heteroatoms. The van der Waals surface area contributed by atoms with Crippen LogP contribution < -0.4 is 5.73 Å². The quantitative estimate of drug-likeness (QED) is 0.712. The van der Waals surface area contributed by atoms with Gasteiger partial charge >= 0.3 is 0 Å². The summed E-state index contributed by atoms with van der Waals surface area (Å²) in [5.41, 5.74) is 5.88. The standard InChI is InChI=1S/C10H23NO2S/c1-4-7-9(11)10(6-3)14(12,13)8-5-2/h9-10H,4-8,11H2,1-3H3. The number of hydrogen-bond acceptors (Lipinski definition) is 3. The molecule has 0 saturated heterocycles. The highest BCUT2D eigenvalue weighted by Crippen LogP contribution is 2.14. The molecule has 0 aliphatic rings. The van der Waals surface area contributed by atoms with Crippen LogP contribution in [0.5, 0.6) is 0 Å². The summed E-state index contributed by atoms with van der Waals surface area (Å²) in [7, 11) is -2.97. The van der Waals surface area contributed by atoms with Crippen LogP contribution in [0, 0.1) is 0 Å². The summed E-state index contributed by atoms with van der Waals surface area (Å²) in [5.74, 6) is 0.267. The minimum Gasteiger partial charge on any atom is -0.327 e. The highest BCUT2D eigenvalue weighted by atomic mass is 32.2. The molecule has 0 aromatic rings. The van der Waals surface area contributed by atoms with Gasteiger partial charge in [-0.15, -0.1) is 0 Å². The maximum absolute atomic E-state index is 11.8. The third-order valence-electron chi connectivity index (χ3n) is 2.45. The molecule has 0 amide bonds. The van der Waals surface area contributed by atoms with Crippen LogP contribution >= 0.6 is 0 Å². The van der Waals surface area contributed by atoms with Gasteiger partial charge in [-0.2, -0.15) is 0 Å². The average Bonchev–Trinajstić information content (AvgIpc) is 2.04. The van der Waals surface area contributed by atoms with E-state index in [-0.39, 0.29) is 17.0 Å². The molecule has 0 rings (SSSR count). The Hall–Kier alpha value is -0.0900. The van der Waals surface area contributed by atoms with Gasteiger partial charge in [0, 0.05) is 6.04 Å². The molecule has 2 N–H and O–H groups in total. The Morgan fingerprint density at radius 3 is 2.07 bits per heavy atom. The van der Waals surface area contributed by atoms with Crippen molar-refractivity contribution in [2.24, 2.45) is 5.73 Å². The van der Waals surface area contributed by atoms with Crippen LogP contribution in [0.3, 0.4) is 0 Å². The SMILES string of the molecule is CCCC(N)C(CC)S(=O)(=O)CCC. The Morgan fingerprint density at radius 2 is 1.71 bits per heavy atom. The van der Waals surface area contributed by atoms with Gasteiger partial charge < -0.3 is 5.73 Å². The molecular weight excluding hydrogens is 198 g/mol. The molecule has 86 valence electrons. The largest absolute Gasteiger partial charge is 0.327 e. The monoisotopic (exact) mass is 221 g/mol. The van der Waals surface area contributed by atoms with Gasteiger partial charge in [0.15, 0.2) is 9.84 Å². The van der Waals surface area contributed by atoms with Gasteiger partial charge in [-0.1, -0.05) is 27.2 Å². The first kappa shape index (κ1) is 13.9. The maximum Gasteiger partial charge on any atom is 0.154 e. The van der Waals surface area contributed by atoms with Crippen LogP contribution in [0.2, 0.25) is 0 Å². The van der Waals surface area contributed by atoms with Gasteiger partial charge in [-0.3, -0.25) is 0 Å².